The molecule has 2 heterocycles. The molecule has 2 rings (SSSR count). The number of piperazine rings is 1. The Bertz CT molecular complexity index is 753. The van der Waals surface area contributed by atoms with Gasteiger partial charge >= 0.3 is 12.1 Å². The molecule has 2 amide bonds. The molecule has 0 bridgehead atoms. The summed E-state index contributed by atoms with van der Waals surface area (Å²) in [6.07, 6.45) is -0.605. The van der Waals surface area contributed by atoms with Crippen LogP contribution in [0.1, 0.15) is 66.7 Å². The van der Waals surface area contributed by atoms with Gasteiger partial charge in [-0.1, -0.05) is 0 Å². The van der Waals surface area contributed by atoms with E-state index in [0.29, 0.717) is 48.7 Å². The van der Waals surface area contributed by atoms with Gasteiger partial charge in [-0.05, 0) is 54.0 Å². The molecular formula is C20H31N3O5. The Labute approximate surface area is 166 Å². The Morgan fingerprint density at radius 1 is 1.00 bits per heavy atom. The number of amides is 2. The molecule has 8 nitrogen and oxygen atoms in total. The zero-order valence-corrected chi connectivity index (χ0v) is 17.8. The van der Waals surface area contributed by atoms with Crippen molar-refractivity contribution in [3.8, 4) is 0 Å². The number of aromatic amines is 1. The predicted octanol–water partition coefficient (Wildman–Crippen LogP) is 2.89. The number of esters is 1. The number of H-pyrrole nitrogens is 1. The number of hydrogen-bond donors (Lipinski definition) is 1. The summed E-state index contributed by atoms with van der Waals surface area (Å²) in [4.78, 5) is 43.7. The molecule has 0 spiro atoms. The second-order valence-electron chi connectivity index (χ2n) is 8.34. The molecule has 0 saturated carbocycles. The average molecular weight is 393 g/mol. The fraction of sp³-hybridized carbons (Fsp3) is 0.650. The Kier molecular flexibility index (Phi) is 6.41. The number of aryl methyl sites for hydroxylation is 1. The van der Waals surface area contributed by atoms with E-state index >= 15 is 0 Å². The first-order valence-electron chi connectivity index (χ1n) is 9.58. The van der Waals surface area contributed by atoms with Gasteiger partial charge in [-0.25, -0.2) is 9.59 Å². The van der Waals surface area contributed by atoms with Crippen molar-refractivity contribution in [2.24, 2.45) is 0 Å². The van der Waals surface area contributed by atoms with Gasteiger partial charge in [0.2, 0.25) is 0 Å². The fourth-order valence-electron chi connectivity index (χ4n) is 3.12. The molecular weight excluding hydrogens is 362 g/mol. The Hall–Kier alpha value is -2.51. The number of hydrogen-bond acceptors (Lipinski definition) is 5. The van der Waals surface area contributed by atoms with Gasteiger partial charge in [-0.3, -0.25) is 4.79 Å². The molecule has 0 aromatic carbocycles. The van der Waals surface area contributed by atoms with E-state index in [-0.39, 0.29) is 18.1 Å². The van der Waals surface area contributed by atoms with Crippen LogP contribution < -0.4 is 0 Å². The highest BCUT2D eigenvalue weighted by Crippen LogP contribution is 2.22. The van der Waals surface area contributed by atoms with E-state index in [1.807, 2.05) is 20.8 Å². The van der Waals surface area contributed by atoms with Gasteiger partial charge in [-0.15, -0.1) is 0 Å². The van der Waals surface area contributed by atoms with Crippen LogP contribution in [0.5, 0.6) is 0 Å². The summed E-state index contributed by atoms with van der Waals surface area (Å²) in [5.74, 6) is -0.622. The fourth-order valence-corrected chi connectivity index (χ4v) is 3.12. The van der Waals surface area contributed by atoms with Gasteiger partial charge in [-0.2, -0.15) is 0 Å². The number of rotatable bonds is 3. The van der Waals surface area contributed by atoms with Crippen LogP contribution in [0.3, 0.4) is 0 Å². The average Bonchev–Trinajstić information content (AvgIpc) is 2.86. The number of ether oxygens (including phenoxy) is 2. The van der Waals surface area contributed by atoms with E-state index in [1.165, 1.54) is 0 Å². The first-order valence-corrected chi connectivity index (χ1v) is 9.58. The minimum Gasteiger partial charge on any atom is -0.459 e. The number of aromatic nitrogens is 1. The van der Waals surface area contributed by atoms with Crippen LogP contribution in [-0.4, -0.2) is 70.6 Å². The van der Waals surface area contributed by atoms with Crippen molar-refractivity contribution < 1.29 is 23.9 Å². The summed E-state index contributed by atoms with van der Waals surface area (Å²) in [5, 5.41) is 0. The second-order valence-corrected chi connectivity index (χ2v) is 8.34. The second kappa shape index (κ2) is 8.24. The monoisotopic (exact) mass is 393 g/mol. The lowest BCUT2D eigenvalue weighted by atomic mass is 10.1. The maximum absolute atomic E-state index is 12.9. The van der Waals surface area contributed by atoms with Gasteiger partial charge in [0.05, 0.1) is 11.7 Å². The molecule has 1 aromatic heterocycles. The maximum Gasteiger partial charge on any atom is 0.410 e. The minimum atomic E-state index is -0.552. The first kappa shape index (κ1) is 21.8. The van der Waals surface area contributed by atoms with Crippen molar-refractivity contribution in [3.05, 3.63) is 22.5 Å². The summed E-state index contributed by atoms with van der Waals surface area (Å²) in [7, 11) is 0. The van der Waals surface area contributed by atoms with Crippen LogP contribution in [0.25, 0.3) is 0 Å². The first-order chi connectivity index (χ1) is 12.9. The molecule has 28 heavy (non-hydrogen) atoms. The van der Waals surface area contributed by atoms with E-state index in [1.54, 1.807) is 37.5 Å². The molecule has 0 atom stereocenters. The van der Waals surface area contributed by atoms with Crippen LogP contribution in [0.15, 0.2) is 0 Å². The number of carbonyl (C=O) groups is 3. The predicted molar refractivity (Wildman–Crippen MR) is 105 cm³/mol. The highest BCUT2D eigenvalue weighted by atomic mass is 16.6. The van der Waals surface area contributed by atoms with Gasteiger partial charge in [0.1, 0.15) is 11.3 Å². The van der Waals surface area contributed by atoms with Gasteiger partial charge in [0.25, 0.3) is 5.91 Å². The third-order valence-corrected chi connectivity index (χ3v) is 4.42. The zero-order chi connectivity index (χ0) is 21.2. The summed E-state index contributed by atoms with van der Waals surface area (Å²) in [5.41, 5.74) is 1.44. The Morgan fingerprint density at radius 3 is 2.04 bits per heavy atom. The molecule has 1 aliphatic rings. The lowest BCUT2D eigenvalue weighted by molar-refractivity contribution is 0.0139. The van der Waals surface area contributed by atoms with E-state index in [4.69, 9.17) is 9.47 Å². The van der Waals surface area contributed by atoms with Crippen molar-refractivity contribution in [2.75, 3.05) is 26.2 Å². The third kappa shape index (κ3) is 5.05. The van der Waals surface area contributed by atoms with Crippen LogP contribution in [0.4, 0.5) is 4.79 Å². The maximum atomic E-state index is 12.9. The van der Waals surface area contributed by atoms with E-state index in [9.17, 15) is 14.4 Å². The van der Waals surface area contributed by atoms with E-state index in [0.717, 1.165) is 0 Å². The van der Waals surface area contributed by atoms with E-state index in [2.05, 4.69) is 4.98 Å². The number of nitrogens with one attached hydrogen (secondary N) is 1. The standard InChI is InChI=1S/C20H31N3O5/c1-12(2)27-18(25)15-13(3)16(21-14(15)4)17(24)22-8-10-23(11-9-22)19(26)28-20(5,6)7/h12,21H,8-11H2,1-7H3. The molecule has 1 aliphatic heterocycles. The van der Waals surface area contributed by atoms with Crippen molar-refractivity contribution in [1.29, 1.82) is 0 Å². The molecule has 1 fully saturated rings. The van der Waals surface area contributed by atoms with Crippen molar-refractivity contribution >= 4 is 18.0 Å². The molecule has 1 aromatic rings. The smallest absolute Gasteiger partial charge is 0.410 e. The number of nitrogens with zero attached hydrogens (tertiary/aromatic N) is 2. The van der Waals surface area contributed by atoms with Crippen LogP contribution in [0.2, 0.25) is 0 Å². The van der Waals surface area contributed by atoms with Crippen molar-refractivity contribution in [3.63, 3.8) is 0 Å². The summed E-state index contributed by atoms with van der Waals surface area (Å²) in [6.45, 7) is 14.1. The third-order valence-electron chi connectivity index (χ3n) is 4.42. The molecule has 0 radical (unpaired) electrons. The van der Waals surface area contributed by atoms with Crippen LogP contribution >= 0.6 is 0 Å². The lowest BCUT2D eigenvalue weighted by Gasteiger charge is -2.35. The molecule has 156 valence electrons. The summed E-state index contributed by atoms with van der Waals surface area (Å²) < 4.78 is 10.7. The normalized spacial score (nSPS) is 15.0. The van der Waals surface area contributed by atoms with E-state index < -0.39 is 11.6 Å². The molecule has 8 heteroatoms. The Balaban J connectivity index is 2.06. The zero-order valence-electron chi connectivity index (χ0n) is 17.8. The highest BCUT2D eigenvalue weighted by molar-refractivity contribution is 6.00. The molecule has 1 N–H and O–H groups in total. The Morgan fingerprint density at radius 2 is 1.54 bits per heavy atom. The van der Waals surface area contributed by atoms with Crippen molar-refractivity contribution in [2.45, 2.75) is 60.2 Å². The van der Waals surface area contributed by atoms with Crippen molar-refractivity contribution in [1.82, 2.24) is 14.8 Å². The molecule has 1 saturated heterocycles. The lowest BCUT2D eigenvalue weighted by Crippen LogP contribution is -2.51. The minimum absolute atomic E-state index is 0.187. The van der Waals surface area contributed by atoms with Gasteiger partial charge in [0.15, 0.2) is 0 Å². The largest absolute Gasteiger partial charge is 0.459 e. The van der Waals surface area contributed by atoms with Gasteiger partial charge in [0, 0.05) is 31.9 Å². The van der Waals surface area contributed by atoms with Crippen LogP contribution in [-0.2, 0) is 9.47 Å². The quantitative estimate of drug-likeness (QED) is 0.797. The van der Waals surface area contributed by atoms with Crippen LogP contribution in [0, 0.1) is 13.8 Å². The topological polar surface area (TPSA) is 91.9 Å². The molecule has 0 unspecified atom stereocenters. The summed E-state index contributed by atoms with van der Waals surface area (Å²) in [6, 6.07) is 0. The number of carbonyl (C=O) groups excluding carboxylic acids is 3. The van der Waals surface area contributed by atoms with Gasteiger partial charge < -0.3 is 24.3 Å². The summed E-state index contributed by atoms with van der Waals surface area (Å²) >= 11 is 0. The molecule has 0 aliphatic carbocycles. The SMILES string of the molecule is Cc1[nH]c(C(=O)N2CCN(C(=O)OC(C)(C)C)CC2)c(C)c1C(=O)OC(C)C. The highest BCUT2D eigenvalue weighted by Gasteiger charge is 2.31.